The molecule has 3 aromatic rings. The van der Waals surface area contributed by atoms with Gasteiger partial charge >= 0.3 is 24.1 Å². The first kappa shape index (κ1) is 48.7. The van der Waals surface area contributed by atoms with E-state index >= 15 is 0 Å². The molecule has 0 radical (unpaired) electrons. The lowest BCUT2D eigenvalue weighted by atomic mass is 9.86. The number of nitrogens with one attached hydrogen (secondary N) is 5. The molecular formula is C43H50F3N7O10. The van der Waals surface area contributed by atoms with Crippen molar-refractivity contribution in [3.05, 3.63) is 108 Å². The van der Waals surface area contributed by atoms with Gasteiger partial charge in [0.15, 0.2) is 0 Å². The third-order valence-electron chi connectivity index (χ3n) is 10.4. The summed E-state index contributed by atoms with van der Waals surface area (Å²) in [6.07, 6.45) is -3.71. The van der Waals surface area contributed by atoms with E-state index in [-0.39, 0.29) is 56.1 Å². The summed E-state index contributed by atoms with van der Waals surface area (Å²) in [5.74, 6) is -7.04. The van der Waals surface area contributed by atoms with Crippen LogP contribution < -0.4 is 32.3 Å². The van der Waals surface area contributed by atoms with Gasteiger partial charge in [-0.05, 0) is 61.1 Å². The van der Waals surface area contributed by atoms with Gasteiger partial charge in [-0.25, -0.2) is 9.59 Å². The molecule has 2 aliphatic heterocycles. The molecule has 5 rings (SSSR count). The summed E-state index contributed by atoms with van der Waals surface area (Å²) >= 11 is 0. The van der Waals surface area contributed by atoms with Gasteiger partial charge in [-0.1, -0.05) is 91.0 Å². The predicted molar refractivity (Wildman–Crippen MR) is 219 cm³/mol. The number of urea groups is 1. The third kappa shape index (κ3) is 15.5. The largest absolute Gasteiger partial charge is 0.490 e. The molecule has 0 saturated carbocycles. The smallest absolute Gasteiger partial charge is 0.481 e. The second kappa shape index (κ2) is 23.3. The van der Waals surface area contributed by atoms with E-state index in [1.54, 1.807) is 29.2 Å². The van der Waals surface area contributed by atoms with E-state index in [9.17, 15) is 51.8 Å². The molecule has 2 saturated heterocycles. The maximum absolute atomic E-state index is 14.3. The number of amides is 7. The van der Waals surface area contributed by atoms with Crippen molar-refractivity contribution in [1.29, 1.82) is 0 Å². The molecule has 0 aliphatic carbocycles. The fourth-order valence-corrected chi connectivity index (χ4v) is 7.50. The summed E-state index contributed by atoms with van der Waals surface area (Å²) in [5, 5.41) is 29.9. The van der Waals surface area contributed by atoms with Crippen molar-refractivity contribution in [2.45, 2.75) is 94.3 Å². The van der Waals surface area contributed by atoms with Gasteiger partial charge in [0.1, 0.15) is 24.2 Å². The number of carbonyl (C=O) groups excluding carboxylic acids is 6. The summed E-state index contributed by atoms with van der Waals surface area (Å²) in [7, 11) is 0. The van der Waals surface area contributed by atoms with Crippen molar-refractivity contribution in [3.8, 4) is 0 Å². The van der Waals surface area contributed by atoms with Crippen molar-refractivity contribution >= 4 is 47.5 Å². The number of carbonyl (C=O) groups is 8. The molecule has 2 fully saturated rings. The number of nitrogens with two attached hydrogens (primary N) is 1. The van der Waals surface area contributed by atoms with Gasteiger partial charge < -0.3 is 47.4 Å². The molecule has 2 heterocycles. The fraction of sp³-hybridized carbons (Fsp3) is 0.395. The number of halogens is 3. The van der Waals surface area contributed by atoms with Crippen LogP contribution in [0.5, 0.6) is 0 Å². The quantitative estimate of drug-likeness (QED) is 0.0864. The standard InChI is InChI=1S/C41H49N7O8.C2HF3O2/c42-41(56)43-20-10-17-30(38(53)47-32(24-36(50)51)37(52)44-25-28-15-8-3-9-16-28)46-39(54)34-23-29(21-26-11-4-1-5-12-26)33-19-18-31(40(55)48(33)34)45-35(49)22-27-13-6-2-7-14-27;3-2(4,5)1(6)7/h1-9,11-16,29-34H,10,17-25H2,(H,44,52)(H,45,49)(H,46,54)(H,47,53)(H,50,51)(H3,42,43,56);(H,6,7)/t29-,30+,31-,32-,33?,34+;/m1./s1. The number of rotatable bonds is 18. The molecule has 3 aromatic carbocycles. The molecule has 1 unspecified atom stereocenters. The first-order chi connectivity index (χ1) is 29.9. The number of nitrogens with zero attached hydrogens (tertiary/aromatic N) is 1. The Kier molecular flexibility index (Phi) is 18.0. The number of alkyl halides is 3. The Labute approximate surface area is 360 Å². The van der Waals surface area contributed by atoms with Gasteiger partial charge in [0.05, 0.1) is 12.8 Å². The predicted octanol–water partition coefficient (Wildman–Crippen LogP) is 2.18. The zero-order valence-electron chi connectivity index (χ0n) is 34.0. The Balaban J connectivity index is 0.00000115. The van der Waals surface area contributed by atoms with Crippen LogP contribution in [0.4, 0.5) is 18.0 Å². The number of hydrogen-bond donors (Lipinski definition) is 8. The van der Waals surface area contributed by atoms with Crippen LogP contribution in [0, 0.1) is 5.92 Å². The van der Waals surface area contributed by atoms with Gasteiger partial charge in [-0.15, -0.1) is 0 Å². The van der Waals surface area contributed by atoms with E-state index < -0.39 is 72.5 Å². The van der Waals surface area contributed by atoms with E-state index in [0.29, 0.717) is 25.7 Å². The number of carboxylic acid groups (broad SMARTS) is 2. The van der Waals surface area contributed by atoms with Crippen molar-refractivity contribution in [2.75, 3.05) is 6.54 Å². The van der Waals surface area contributed by atoms with E-state index in [4.69, 9.17) is 15.6 Å². The lowest BCUT2D eigenvalue weighted by molar-refractivity contribution is -0.192. The van der Waals surface area contributed by atoms with Crippen molar-refractivity contribution < 1.29 is 61.7 Å². The molecule has 63 heavy (non-hydrogen) atoms. The molecule has 17 nitrogen and oxygen atoms in total. The minimum Gasteiger partial charge on any atom is -0.481 e. The number of fused-ring (bicyclic) bond motifs is 1. The summed E-state index contributed by atoms with van der Waals surface area (Å²) < 4.78 is 31.7. The molecule has 0 aromatic heterocycles. The van der Waals surface area contributed by atoms with Crippen LogP contribution in [0.3, 0.4) is 0 Å². The van der Waals surface area contributed by atoms with Crippen molar-refractivity contribution in [2.24, 2.45) is 11.7 Å². The number of primary amides is 1. The normalized spacial score (nSPS) is 18.8. The first-order valence-electron chi connectivity index (χ1n) is 20.1. The minimum absolute atomic E-state index is 0.0149. The number of aliphatic carboxylic acids is 2. The SMILES string of the molecule is NC(=O)NCCC[C@H](NC(=O)[C@@H]1C[C@@H](Cc2ccccc2)C2CC[C@@H](NC(=O)Cc3ccccc3)C(=O)N21)C(=O)N[C@H](CC(=O)O)C(=O)NCc1ccccc1.O=C(O)C(F)(F)F. The number of carboxylic acids is 2. The van der Waals surface area contributed by atoms with Gasteiger partial charge in [-0.2, -0.15) is 13.2 Å². The Bertz CT molecular complexity index is 2060. The highest BCUT2D eigenvalue weighted by Gasteiger charge is 2.51. The van der Waals surface area contributed by atoms with Gasteiger partial charge in [-0.3, -0.25) is 28.8 Å². The lowest BCUT2D eigenvalue weighted by Gasteiger charge is -2.39. The monoisotopic (exact) mass is 881 g/mol. The van der Waals surface area contributed by atoms with Crippen molar-refractivity contribution in [3.63, 3.8) is 0 Å². The molecule has 20 heteroatoms. The zero-order valence-corrected chi connectivity index (χ0v) is 34.0. The van der Waals surface area contributed by atoms with Crippen LogP contribution in [0.1, 0.15) is 55.2 Å². The Hall–Kier alpha value is -6.99. The number of piperidine rings is 1. The highest BCUT2D eigenvalue weighted by Crippen LogP contribution is 2.39. The van der Waals surface area contributed by atoms with Crippen LogP contribution >= 0.6 is 0 Å². The molecule has 6 atom stereocenters. The van der Waals surface area contributed by atoms with Crippen LogP contribution in [-0.2, 0) is 52.9 Å². The summed E-state index contributed by atoms with van der Waals surface area (Å²) in [4.78, 5) is 102. The van der Waals surface area contributed by atoms with Crippen LogP contribution in [-0.4, -0.2) is 106 Å². The van der Waals surface area contributed by atoms with Gasteiger partial charge in [0, 0.05) is 19.1 Å². The highest BCUT2D eigenvalue weighted by atomic mass is 19.4. The first-order valence-corrected chi connectivity index (χ1v) is 20.1. The molecule has 7 amide bonds. The van der Waals surface area contributed by atoms with E-state index in [2.05, 4.69) is 26.6 Å². The average molecular weight is 882 g/mol. The van der Waals surface area contributed by atoms with E-state index in [1.165, 1.54) is 0 Å². The second-order valence-electron chi connectivity index (χ2n) is 15.0. The number of benzene rings is 3. The van der Waals surface area contributed by atoms with E-state index in [1.807, 2.05) is 66.7 Å². The Morgan fingerprint density at radius 1 is 0.762 bits per heavy atom. The Morgan fingerprint density at radius 2 is 1.33 bits per heavy atom. The highest BCUT2D eigenvalue weighted by molar-refractivity contribution is 5.97. The minimum atomic E-state index is -5.08. The van der Waals surface area contributed by atoms with Gasteiger partial charge in [0.2, 0.25) is 29.5 Å². The van der Waals surface area contributed by atoms with E-state index in [0.717, 1.165) is 16.7 Å². The molecule has 338 valence electrons. The summed E-state index contributed by atoms with van der Waals surface area (Å²) in [6, 6.07) is 22.2. The maximum atomic E-state index is 14.3. The average Bonchev–Trinajstić information content (AvgIpc) is 3.61. The third-order valence-corrected chi connectivity index (χ3v) is 10.4. The van der Waals surface area contributed by atoms with Gasteiger partial charge in [0.25, 0.3) is 0 Å². The second-order valence-corrected chi connectivity index (χ2v) is 15.0. The summed E-state index contributed by atoms with van der Waals surface area (Å²) in [6.45, 7) is 0.167. The topological polar surface area (TPSA) is 266 Å². The number of hydrogen-bond acceptors (Lipinski definition) is 8. The molecule has 0 spiro atoms. The molecule has 2 aliphatic rings. The maximum Gasteiger partial charge on any atom is 0.490 e. The molecule has 0 bridgehead atoms. The molecule has 9 N–H and O–H groups in total. The zero-order chi connectivity index (χ0) is 46.1. The molecular weight excluding hydrogens is 832 g/mol. The van der Waals surface area contributed by atoms with Crippen LogP contribution in [0.15, 0.2) is 91.0 Å². The fourth-order valence-electron chi connectivity index (χ4n) is 7.50. The Morgan fingerprint density at radius 3 is 1.89 bits per heavy atom. The van der Waals surface area contributed by atoms with Crippen LogP contribution in [0.25, 0.3) is 0 Å². The van der Waals surface area contributed by atoms with Crippen LogP contribution in [0.2, 0.25) is 0 Å². The summed E-state index contributed by atoms with van der Waals surface area (Å²) in [5.41, 5.74) is 7.81. The van der Waals surface area contributed by atoms with Crippen molar-refractivity contribution in [1.82, 2.24) is 31.5 Å². The lowest BCUT2D eigenvalue weighted by Crippen LogP contribution is -2.61.